The van der Waals surface area contributed by atoms with Crippen LogP contribution in [-0.2, 0) is 6.54 Å². The minimum Gasteiger partial charge on any atom is -0.472 e. The Balaban J connectivity index is 1.71. The highest BCUT2D eigenvalue weighted by molar-refractivity contribution is 5.93. The van der Waals surface area contributed by atoms with E-state index in [1.54, 1.807) is 28.0 Å². The number of carbonyl (C=O) groups is 1. The number of piperidine rings is 1. The maximum Gasteiger partial charge on any atom is 0.257 e. The molecule has 106 valence electrons. The van der Waals surface area contributed by atoms with E-state index in [2.05, 4.69) is 10.3 Å². The summed E-state index contributed by atoms with van der Waals surface area (Å²) in [5.41, 5.74) is -0.458. The van der Waals surface area contributed by atoms with E-state index in [0.717, 1.165) is 6.42 Å². The van der Waals surface area contributed by atoms with Gasteiger partial charge in [-0.15, -0.1) is 5.10 Å². The van der Waals surface area contributed by atoms with E-state index in [1.165, 1.54) is 12.5 Å². The molecule has 1 amide bonds. The smallest absolute Gasteiger partial charge is 0.257 e. The van der Waals surface area contributed by atoms with Crippen molar-refractivity contribution < 1.29 is 14.3 Å². The van der Waals surface area contributed by atoms with E-state index in [1.807, 2.05) is 0 Å². The Morgan fingerprint density at radius 2 is 2.45 bits per heavy atom. The highest BCUT2D eigenvalue weighted by Gasteiger charge is 2.36. The SMILES string of the molecule is O=C(c1ccoc1)N1CCCC(O)(Cn2ccnn2)C1. The summed E-state index contributed by atoms with van der Waals surface area (Å²) < 4.78 is 6.52. The zero-order valence-electron chi connectivity index (χ0n) is 11.0. The largest absolute Gasteiger partial charge is 0.472 e. The summed E-state index contributed by atoms with van der Waals surface area (Å²) >= 11 is 0. The fourth-order valence-corrected chi connectivity index (χ4v) is 2.60. The van der Waals surface area contributed by atoms with Gasteiger partial charge in [0.15, 0.2) is 0 Å². The van der Waals surface area contributed by atoms with Crippen LogP contribution in [-0.4, -0.2) is 49.6 Å². The van der Waals surface area contributed by atoms with Crippen molar-refractivity contribution in [3.8, 4) is 0 Å². The zero-order chi connectivity index (χ0) is 14.0. The molecule has 1 fully saturated rings. The van der Waals surface area contributed by atoms with Crippen molar-refractivity contribution >= 4 is 5.91 Å². The first-order valence-electron chi connectivity index (χ1n) is 6.54. The Labute approximate surface area is 115 Å². The second kappa shape index (κ2) is 5.09. The van der Waals surface area contributed by atoms with Crippen LogP contribution in [0.3, 0.4) is 0 Å². The van der Waals surface area contributed by atoms with E-state index in [4.69, 9.17) is 4.42 Å². The van der Waals surface area contributed by atoms with Gasteiger partial charge in [-0.3, -0.25) is 4.79 Å². The van der Waals surface area contributed by atoms with Gasteiger partial charge in [-0.25, -0.2) is 4.68 Å². The molecule has 0 bridgehead atoms. The number of carbonyl (C=O) groups excluding carboxylic acids is 1. The van der Waals surface area contributed by atoms with Gasteiger partial charge in [-0.2, -0.15) is 0 Å². The zero-order valence-corrected chi connectivity index (χ0v) is 11.0. The number of likely N-dealkylation sites (tertiary alicyclic amines) is 1. The number of hydrogen-bond donors (Lipinski definition) is 1. The third-order valence-electron chi connectivity index (χ3n) is 3.54. The van der Waals surface area contributed by atoms with Crippen LogP contribution in [0.1, 0.15) is 23.2 Å². The van der Waals surface area contributed by atoms with Crippen molar-refractivity contribution in [1.82, 2.24) is 19.9 Å². The van der Waals surface area contributed by atoms with Crippen LogP contribution in [0.25, 0.3) is 0 Å². The summed E-state index contributed by atoms with van der Waals surface area (Å²) in [6, 6.07) is 1.63. The van der Waals surface area contributed by atoms with Crippen LogP contribution >= 0.6 is 0 Å². The molecule has 20 heavy (non-hydrogen) atoms. The van der Waals surface area contributed by atoms with Crippen molar-refractivity contribution in [3.63, 3.8) is 0 Å². The van der Waals surface area contributed by atoms with Gasteiger partial charge in [0.1, 0.15) is 11.9 Å². The Bertz CT molecular complexity index is 566. The van der Waals surface area contributed by atoms with Gasteiger partial charge in [0.25, 0.3) is 5.91 Å². The molecule has 0 aliphatic carbocycles. The van der Waals surface area contributed by atoms with Crippen molar-refractivity contribution in [1.29, 1.82) is 0 Å². The molecule has 0 radical (unpaired) electrons. The first-order chi connectivity index (χ1) is 9.66. The van der Waals surface area contributed by atoms with E-state index in [9.17, 15) is 9.90 Å². The van der Waals surface area contributed by atoms with Gasteiger partial charge >= 0.3 is 0 Å². The molecule has 7 nitrogen and oxygen atoms in total. The van der Waals surface area contributed by atoms with Crippen LogP contribution in [0.4, 0.5) is 0 Å². The van der Waals surface area contributed by atoms with Crippen LogP contribution < -0.4 is 0 Å². The lowest BCUT2D eigenvalue weighted by atomic mass is 9.92. The first-order valence-corrected chi connectivity index (χ1v) is 6.54. The molecule has 3 heterocycles. The summed E-state index contributed by atoms with van der Waals surface area (Å²) in [6.45, 7) is 1.27. The van der Waals surface area contributed by atoms with Crippen LogP contribution in [0.2, 0.25) is 0 Å². The Hall–Kier alpha value is -2.15. The molecule has 1 atom stereocenters. The number of nitrogens with zero attached hydrogens (tertiary/aromatic N) is 4. The van der Waals surface area contributed by atoms with Gasteiger partial charge in [0.05, 0.1) is 31.1 Å². The quantitative estimate of drug-likeness (QED) is 0.884. The summed E-state index contributed by atoms with van der Waals surface area (Å²) in [6.07, 6.45) is 7.57. The highest BCUT2D eigenvalue weighted by atomic mass is 16.3. The number of furan rings is 1. The molecule has 1 saturated heterocycles. The van der Waals surface area contributed by atoms with Crippen molar-refractivity contribution in [2.45, 2.75) is 25.0 Å². The third kappa shape index (κ3) is 2.57. The Kier molecular flexibility index (Phi) is 3.27. The van der Waals surface area contributed by atoms with E-state index >= 15 is 0 Å². The number of amides is 1. The predicted molar refractivity (Wildman–Crippen MR) is 68.8 cm³/mol. The number of aliphatic hydroxyl groups is 1. The molecular weight excluding hydrogens is 260 g/mol. The molecule has 3 rings (SSSR count). The van der Waals surface area contributed by atoms with Crippen molar-refractivity contribution in [3.05, 3.63) is 36.5 Å². The molecule has 1 N–H and O–H groups in total. The van der Waals surface area contributed by atoms with Crippen LogP contribution in [0, 0.1) is 0 Å². The minimum absolute atomic E-state index is 0.115. The third-order valence-corrected chi connectivity index (χ3v) is 3.54. The van der Waals surface area contributed by atoms with Gasteiger partial charge in [0.2, 0.25) is 0 Å². The number of hydrogen-bond acceptors (Lipinski definition) is 5. The summed E-state index contributed by atoms with van der Waals surface area (Å²) in [5.74, 6) is -0.115. The molecule has 2 aromatic heterocycles. The van der Waals surface area contributed by atoms with Gasteiger partial charge in [0, 0.05) is 12.7 Å². The van der Waals surface area contributed by atoms with Crippen molar-refractivity contribution in [2.24, 2.45) is 0 Å². The molecule has 0 spiro atoms. The lowest BCUT2D eigenvalue weighted by molar-refractivity contribution is -0.0387. The molecule has 0 aromatic carbocycles. The number of aromatic nitrogens is 3. The molecular formula is C13H16N4O3. The molecule has 1 unspecified atom stereocenters. The summed E-state index contributed by atoms with van der Waals surface area (Å²) in [5, 5.41) is 18.2. The predicted octanol–water partition coefficient (Wildman–Crippen LogP) is 0.538. The van der Waals surface area contributed by atoms with Crippen LogP contribution in [0.5, 0.6) is 0 Å². The fourth-order valence-electron chi connectivity index (χ4n) is 2.60. The molecule has 7 heteroatoms. The fraction of sp³-hybridized carbons (Fsp3) is 0.462. The minimum atomic E-state index is -0.967. The van der Waals surface area contributed by atoms with Gasteiger partial charge in [-0.05, 0) is 18.9 Å². The maximum atomic E-state index is 12.3. The Morgan fingerprint density at radius 1 is 1.55 bits per heavy atom. The van der Waals surface area contributed by atoms with E-state index < -0.39 is 5.60 Å². The second-order valence-electron chi connectivity index (χ2n) is 5.17. The lowest BCUT2D eigenvalue weighted by Crippen LogP contribution is -2.52. The average Bonchev–Trinajstić information content (AvgIpc) is 3.10. The molecule has 1 aliphatic rings. The van der Waals surface area contributed by atoms with E-state index in [-0.39, 0.29) is 12.5 Å². The molecule has 2 aromatic rings. The summed E-state index contributed by atoms with van der Waals surface area (Å²) in [7, 11) is 0. The normalized spacial score (nSPS) is 22.9. The average molecular weight is 276 g/mol. The van der Waals surface area contributed by atoms with Gasteiger partial charge in [-0.1, -0.05) is 5.21 Å². The molecule has 1 aliphatic heterocycles. The standard InChI is InChI=1S/C13H16N4O3/c18-12(11-2-7-20-8-11)16-5-1-3-13(19,9-16)10-17-6-4-14-15-17/h2,4,6-8,19H,1,3,5,9-10H2. The van der Waals surface area contributed by atoms with Gasteiger partial charge < -0.3 is 14.4 Å². The Morgan fingerprint density at radius 3 is 3.15 bits per heavy atom. The molecule has 0 saturated carbocycles. The maximum absolute atomic E-state index is 12.3. The second-order valence-corrected chi connectivity index (χ2v) is 5.17. The number of rotatable bonds is 3. The number of β-amino-alcohol motifs (C(OH)–C–C–N with tert-alkyl or cyclic N) is 1. The van der Waals surface area contributed by atoms with Crippen molar-refractivity contribution in [2.75, 3.05) is 13.1 Å². The monoisotopic (exact) mass is 276 g/mol. The van der Waals surface area contributed by atoms with Crippen LogP contribution in [0.15, 0.2) is 35.4 Å². The first kappa shape index (κ1) is 12.9. The summed E-state index contributed by atoms with van der Waals surface area (Å²) in [4.78, 5) is 13.9. The topological polar surface area (TPSA) is 84.4 Å². The van der Waals surface area contributed by atoms with E-state index in [0.29, 0.717) is 25.1 Å². The highest BCUT2D eigenvalue weighted by Crippen LogP contribution is 2.24. The lowest BCUT2D eigenvalue weighted by Gasteiger charge is -2.38.